The zero-order chi connectivity index (χ0) is 40.7. The van der Waals surface area contributed by atoms with Crippen molar-refractivity contribution in [2.45, 2.75) is 56.6 Å². The molecule has 4 aliphatic heterocycles. The van der Waals surface area contributed by atoms with Crippen molar-refractivity contribution < 1.29 is 31.8 Å². The van der Waals surface area contributed by atoms with E-state index in [0.29, 0.717) is 71.4 Å². The van der Waals surface area contributed by atoms with Gasteiger partial charge in [0.15, 0.2) is 11.5 Å². The monoisotopic (exact) mass is 812 g/mol. The van der Waals surface area contributed by atoms with E-state index in [1.807, 2.05) is 16.4 Å². The number of anilines is 2. The van der Waals surface area contributed by atoms with Crippen LogP contribution in [0.2, 0.25) is 0 Å². The van der Waals surface area contributed by atoms with Gasteiger partial charge in [-0.25, -0.2) is 32.2 Å². The third-order valence-corrected chi connectivity index (χ3v) is 12.0. The number of hydrogen-bond acceptors (Lipinski definition) is 12. The number of carbonyl (C=O) groups excluding carboxylic acids is 1. The molecule has 306 valence electrons. The van der Waals surface area contributed by atoms with Crippen LogP contribution in [-0.2, 0) is 16.1 Å². The Balaban J connectivity index is 1.09. The number of piperazine rings is 1. The van der Waals surface area contributed by atoms with Crippen molar-refractivity contribution in [1.82, 2.24) is 49.1 Å². The van der Waals surface area contributed by atoms with Crippen molar-refractivity contribution in [3.05, 3.63) is 72.1 Å². The molecule has 6 aromatic rings. The Morgan fingerprint density at radius 3 is 2.54 bits per heavy atom. The van der Waals surface area contributed by atoms with E-state index in [4.69, 9.17) is 24.4 Å². The summed E-state index contributed by atoms with van der Waals surface area (Å²) >= 11 is 0. The first-order valence-electron chi connectivity index (χ1n) is 19.6. The number of likely N-dealkylation sites (tertiary alicyclic amines) is 1. The number of piperidine rings is 1. The highest BCUT2D eigenvalue weighted by Gasteiger charge is 2.47. The fourth-order valence-electron chi connectivity index (χ4n) is 9.25. The van der Waals surface area contributed by atoms with Gasteiger partial charge < -0.3 is 28.7 Å². The first-order chi connectivity index (χ1) is 28.6. The maximum Gasteiger partial charge on any atom is 0.317 e. The number of fused-ring (bicyclic) bond motifs is 8. The summed E-state index contributed by atoms with van der Waals surface area (Å²) in [6, 6.07) is 6.96. The first kappa shape index (κ1) is 37.3. The molecule has 4 aliphatic rings. The van der Waals surface area contributed by atoms with Gasteiger partial charge in [-0.1, -0.05) is 0 Å². The van der Waals surface area contributed by atoms with Gasteiger partial charge in [0.2, 0.25) is 11.9 Å². The number of ether oxygens (including phenoxy) is 2. The number of amides is 1. The minimum atomic E-state index is -0.830. The Hall–Kier alpha value is -5.95. The molecule has 0 saturated carbocycles. The Morgan fingerprint density at radius 2 is 1.76 bits per heavy atom. The number of imidazole rings is 1. The van der Waals surface area contributed by atoms with Crippen molar-refractivity contribution in [3.8, 4) is 23.0 Å². The third kappa shape index (κ3) is 6.37. The molecule has 4 aromatic heterocycles. The van der Waals surface area contributed by atoms with Crippen LogP contribution in [0, 0.1) is 24.4 Å². The lowest BCUT2D eigenvalue weighted by Gasteiger charge is -2.56. The summed E-state index contributed by atoms with van der Waals surface area (Å²) in [5.41, 5.74) is 2.30. The Morgan fingerprint density at radius 1 is 0.932 bits per heavy atom. The SMILES string of the molecule is CO[C@@H]1CN(C)C(=O)[C@@H]2C[C@@H](CN2c2nc(N3C4CC3CN(CCF)C4)nc3c2cnn3-c2ccc(F)cc2F)Oc2nccc(n2)-c2cc(F)cc3nc(C)n(c23)C1. The summed E-state index contributed by atoms with van der Waals surface area (Å²) in [6.07, 6.45) is 3.04. The minimum absolute atomic E-state index is 0.00990. The molecule has 10 rings (SSSR count). The number of rotatable bonds is 6. The zero-order valence-electron chi connectivity index (χ0n) is 32.5. The number of aromatic nitrogens is 8. The molecule has 19 heteroatoms. The third-order valence-electron chi connectivity index (χ3n) is 12.0. The van der Waals surface area contributed by atoms with Gasteiger partial charge >= 0.3 is 6.01 Å². The van der Waals surface area contributed by atoms with Gasteiger partial charge in [-0.15, -0.1) is 0 Å². The molecule has 0 radical (unpaired) electrons. The molecule has 0 spiro atoms. The Bertz CT molecular complexity index is 2610. The van der Waals surface area contributed by atoms with Crippen LogP contribution in [0.25, 0.3) is 39.0 Å². The smallest absolute Gasteiger partial charge is 0.317 e. The van der Waals surface area contributed by atoms with Gasteiger partial charge in [0.25, 0.3) is 0 Å². The Kier molecular flexibility index (Phi) is 9.11. The summed E-state index contributed by atoms with van der Waals surface area (Å²) in [5.74, 6) is -0.906. The van der Waals surface area contributed by atoms with Crippen LogP contribution >= 0.6 is 0 Å². The summed E-state index contributed by atoms with van der Waals surface area (Å²) < 4.78 is 73.6. The fourth-order valence-corrected chi connectivity index (χ4v) is 9.25. The maximum absolute atomic E-state index is 15.4. The largest absolute Gasteiger partial charge is 0.458 e. The number of likely N-dealkylation sites (N-methyl/N-ethyl adjacent to an activating group) is 1. The Labute approximate surface area is 335 Å². The fraction of sp³-hybridized carbons (Fsp3) is 0.425. The molecule has 15 nitrogen and oxygen atoms in total. The van der Waals surface area contributed by atoms with Gasteiger partial charge in [0, 0.05) is 82.7 Å². The van der Waals surface area contributed by atoms with Crippen LogP contribution in [0.1, 0.15) is 18.7 Å². The molecule has 5 atom stereocenters. The van der Waals surface area contributed by atoms with E-state index in [2.05, 4.69) is 24.9 Å². The number of aryl methyl sites for hydroxylation is 1. The molecular weight excluding hydrogens is 773 g/mol. The predicted octanol–water partition coefficient (Wildman–Crippen LogP) is 4.09. The topological polar surface area (TPSA) is 136 Å². The highest BCUT2D eigenvalue weighted by molar-refractivity contribution is 5.94. The van der Waals surface area contributed by atoms with Crippen LogP contribution in [-0.4, -0.2) is 139 Å². The molecular formula is C40H40F4N12O3. The lowest BCUT2D eigenvalue weighted by atomic mass is 9.88. The number of halogens is 4. The summed E-state index contributed by atoms with van der Waals surface area (Å²) in [6.45, 7) is 3.63. The van der Waals surface area contributed by atoms with E-state index in [9.17, 15) is 13.6 Å². The lowest BCUT2D eigenvalue weighted by Crippen LogP contribution is -2.69. The standard InChI is InChI=1S/C40H40F4N12O3/c1-21-47-32-12-23(43)10-28-31-6-8-45-40(48-31)59-26-14-34(38(57)51(2)18-27(58-3)20-53(21)35(28)32)54(19-26)36-29-15-46-56(33-5-4-22(42)11-30(33)44)37(29)50-39(49-36)55-24-13-25(55)17-52(16-24)9-7-41/h4-6,8,10-12,15,24-27,34H,7,9,13-14,16-20H2,1-3H3/t24?,25?,26-,27+,34-/m0/s1. The molecule has 59 heavy (non-hydrogen) atoms. The van der Waals surface area contributed by atoms with E-state index >= 15 is 8.78 Å². The molecule has 2 aromatic carbocycles. The van der Waals surface area contributed by atoms with E-state index < -0.39 is 42.4 Å². The van der Waals surface area contributed by atoms with Gasteiger partial charge in [0.05, 0.1) is 47.5 Å². The molecule has 1 amide bonds. The number of carbonyl (C=O) groups is 1. The van der Waals surface area contributed by atoms with Crippen LogP contribution in [0.15, 0.2) is 48.8 Å². The zero-order valence-corrected chi connectivity index (χ0v) is 32.5. The molecule has 2 unspecified atom stereocenters. The van der Waals surface area contributed by atoms with E-state index in [-0.39, 0.29) is 54.8 Å². The maximum atomic E-state index is 15.4. The number of methoxy groups -OCH3 is 1. The molecule has 0 N–H and O–H groups in total. The number of nitrogens with zero attached hydrogens (tertiary/aromatic N) is 12. The molecule has 6 bridgehead atoms. The number of hydrogen-bond donors (Lipinski definition) is 0. The van der Waals surface area contributed by atoms with Crippen LogP contribution < -0.4 is 14.5 Å². The quantitative estimate of drug-likeness (QED) is 0.224. The van der Waals surface area contributed by atoms with Crippen LogP contribution in [0.4, 0.5) is 29.3 Å². The second-order valence-electron chi connectivity index (χ2n) is 15.7. The molecule has 3 saturated heterocycles. The van der Waals surface area contributed by atoms with E-state index in [1.165, 1.54) is 29.1 Å². The van der Waals surface area contributed by atoms with E-state index in [0.717, 1.165) is 18.6 Å². The van der Waals surface area contributed by atoms with Crippen molar-refractivity contribution >= 4 is 39.7 Å². The van der Waals surface area contributed by atoms with Crippen molar-refractivity contribution in [3.63, 3.8) is 0 Å². The summed E-state index contributed by atoms with van der Waals surface area (Å²) in [4.78, 5) is 46.3. The van der Waals surface area contributed by atoms with Gasteiger partial charge in [0.1, 0.15) is 47.8 Å². The lowest BCUT2D eigenvalue weighted by molar-refractivity contribution is -0.133. The minimum Gasteiger partial charge on any atom is -0.458 e. The van der Waals surface area contributed by atoms with Crippen molar-refractivity contribution in [2.24, 2.45) is 0 Å². The van der Waals surface area contributed by atoms with E-state index in [1.54, 1.807) is 31.3 Å². The summed E-state index contributed by atoms with van der Waals surface area (Å²) in [5, 5.41) is 4.96. The molecule has 8 heterocycles. The van der Waals surface area contributed by atoms with Crippen molar-refractivity contribution in [1.29, 1.82) is 0 Å². The second kappa shape index (κ2) is 14.4. The molecule has 3 fully saturated rings. The normalized spacial score (nSPS) is 23.4. The second-order valence-corrected chi connectivity index (χ2v) is 15.7. The average Bonchev–Trinajstić information content (AvgIpc) is 3.91. The predicted molar refractivity (Wildman–Crippen MR) is 208 cm³/mol. The van der Waals surface area contributed by atoms with Gasteiger partial charge in [-0.05, 0) is 37.6 Å². The van der Waals surface area contributed by atoms with Gasteiger partial charge in [-0.3, -0.25) is 9.69 Å². The van der Waals surface area contributed by atoms with Gasteiger partial charge in [-0.2, -0.15) is 20.1 Å². The highest BCUT2D eigenvalue weighted by atomic mass is 19.1. The van der Waals surface area contributed by atoms with Crippen molar-refractivity contribution in [2.75, 3.05) is 63.4 Å². The van der Waals surface area contributed by atoms with Crippen LogP contribution in [0.5, 0.6) is 6.01 Å². The molecule has 0 aliphatic carbocycles. The highest BCUT2D eigenvalue weighted by Crippen LogP contribution is 2.40. The first-order valence-corrected chi connectivity index (χ1v) is 19.6. The average molecular weight is 813 g/mol. The number of alkyl halides is 1. The number of benzene rings is 2. The van der Waals surface area contributed by atoms with Crippen LogP contribution in [0.3, 0.4) is 0 Å². The summed E-state index contributed by atoms with van der Waals surface area (Å²) in [7, 11) is 3.29.